The topological polar surface area (TPSA) is 71.3 Å². The van der Waals surface area contributed by atoms with Gasteiger partial charge in [0.1, 0.15) is 11.7 Å². The van der Waals surface area contributed by atoms with Gasteiger partial charge in [0, 0.05) is 12.7 Å². The molecule has 0 spiro atoms. The van der Waals surface area contributed by atoms with Crippen molar-refractivity contribution in [3.8, 4) is 0 Å². The molecule has 0 aliphatic rings. The Bertz CT molecular complexity index is 489. The van der Waals surface area contributed by atoms with Crippen LogP contribution in [0.5, 0.6) is 0 Å². The Morgan fingerprint density at radius 1 is 1.47 bits per heavy atom. The predicted octanol–water partition coefficient (Wildman–Crippen LogP) is 2.39. The molecule has 0 saturated carbocycles. The Kier molecular flexibility index (Phi) is 4.63. The Morgan fingerprint density at radius 2 is 2.05 bits per heavy atom. The molecule has 106 valence electrons. The van der Waals surface area contributed by atoms with Crippen molar-refractivity contribution in [3.63, 3.8) is 0 Å². The van der Waals surface area contributed by atoms with Gasteiger partial charge in [-0.2, -0.15) is 0 Å². The second-order valence-electron chi connectivity index (χ2n) is 5.44. The van der Waals surface area contributed by atoms with E-state index in [2.05, 4.69) is 5.32 Å². The summed E-state index contributed by atoms with van der Waals surface area (Å²) in [6, 6.07) is 0.570. The van der Waals surface area contributed by atoms with E-state index in [0.29, 0.717) is 17.3 Å². The molecular formula is C13H19ClN2O3. The molecule has 0 unspecified atom stereocenters. The van der Waals surface area contributed by atoms with E-state index in [-0.39, 0.29) is 0 Å². The average molecular weight is 287 g/mol. The average Bonchev–Trinajstić information content (AvgIpc) is 2.65. The van der Waals surface area contributed by atoms with Gasteiger partial charge in [-0.1, -0.05) is 32.4 Å². The van der Waals surface area contributed by atoms with Crippen molar-refractivity contribution in [1.29, 1.82) is 0 Å². The highest BCUT2D eigenvalue weighted by Gasteiger charge is 2.33. The van der Waals surface area contributed by atoms with Crippen LogP contribution in [0.15, 0.2) is 12.3 Å². The summed E-state index contributed by atoms with van der Waals surface area (Å²) in [7, 11) is 0. The van der Waals surface area contributed by atoms with Crippen LogP contribution in [0.1, 0.15) is 38.2 Å². The highest BCUT2D eigenvalue weighted by atomic mass is 35.5. The molecule has 0 aromatic carbocycles. The van der Waals surface area contributed by atoms with Crippen LogP contribution in [0.3, 0.4) is 0 Å². The first kappa shape index (κ1) is 15.6. The van der Waals surface area contributed by atoms with Crippen LogP contribution in [0.2, 0.25) is 5.02 Å². The summed E-state index contributed by atoms with van der Waals surface area (Å²) in [5.41, 5.74) is -0.211. The van der Waals surface area contributed by atoms with Crippen LogP contribution >= 0.6 is 11.6 Å². The quantitative estimate of drug-likeness (QED) is 0.893. The largest absolute Gasteiger partial charge is 0.480 e. The number of hydrogen-bond acceptors (Lipinski definition) is 2. The molecule has 1 rings (SSSR count). The molecule has 1 amide bonds. The molecule has 0 radical (unpaired) electrons. The van der Waals surface area contributed by atoms with Crippen molar-refractivity contribution in [2.24, 2.45) is 5.41 Å². The molecule has 19 heavy (non-hydrogen) atoms. The van der Waals surface area contributed by atoms with Gasteiger partial charge in [-0.05, 0) is 18.4 Å². The van der Waals surface area contributed by atoms with Crippen LogP contribution in [0.4, 0.5) is 0 Å². The van der Waals surface area contributed by atoms with Gasteiger partial charge in [-0.3, -0.25) is 4.79 Å². The number of carboxylic acid groups (broad SMARTS) is 1. The number of rotatable bonds is 4. The van der Waals surface area contributed by atoms with Crippen molar-refractivity contribution in [3.05, 3.63) is 23.0 Å². The Hall–Kier alpha value is -1.49. The lowest BCUT2D eigenvalue weighted by molar-refractivity contribution is -0.142. The minimum atomic E-state index is -1.05. The normalized spacial score (nSPS) is 13.1. The second-order valence-corrected chi connectivity index (χ2v) is 5.88. The lowest BCUT2D eigenvalue weighted by Crippen LogP contribution is -2.49. The number of aromatic nitrogens is 1. The third-order valence-corrected chi connectivity index (χ3v) is 3.03. The fraction of sp³-hybridized carbons (Fsp3) is 0.538. The van der Waals surface area contributed by atoms with Gasteiger partial charge in [0.05, 0.1) is 5.02 Å². The van der Waals surface area contributed by atoms with E-state index in [1.807, 2.05) is 6.92 Å². The van der Waals surface area contributed by atoms with E-state index >= 15 is 0 Å². The van der Waals surface area contributed by atoms with Crippen molar-refractivity contribution in [1.82, 2.24) is 9.88 Å². The molecule has 0 aliphatic carbocycles. The Morgan fingerprint density at radius 3 is 2.47 bits per heavy atom. The molecule has 5 nitrogen and oxygen atoms in total. The smallest absolute Gasteiger partial charge is 0.326 e. The summed E-state index contributed by atoms with van der Waals surface area (Å²) >= 11 is 5.86. The zero-order valence-electron chi connectivity index (χ0n) is 11.5. The molecule has 0 bridgehead atoms. The number of hydrogen-bond donors (Lipinski definition) is 2. The van der Waals surface area contributed by atoms with Crippen LogP contribution in [-0.4, -0.2) is 27.6 Å². The maximum absolute atomic E-state index is 12.1. The monoisotopic (exact) mass is 286 g/mol. The fourth-order valence-corrected chi connectivity index (χ4v) is 2.00. The molecule has 0 saturated heterocycles. The third-order valence-electron chi connectivity index (χ3n) is 2.82. The number of carboxylic acids is 1. The number of carbonyl (C=O) groups excluding carboxylic acids is 1. The summed E-state index contributed by atoms with van der Waals surface area (Å²) in [4.78, 5) is 23.4. The maximum Gasteiger partial charge on any atom is 0.326 e. The molecule has 1 heterocycles. The van der Waals surface area contributed by atoms with Crippen LogP contribution in [0, 0.1) is 5.41 Å². The number of nitrogens with zero attached hydrogens (tertiary/aromatic N) is 1. The van der Waals surface area contributed by atoms with Gasteiger partial charge < -0.3 is 15.0 Å². The number of halogens is 1. The molecule has 0 fully saturated rings. The first-order chi connectivity index (χ1) is 8.66. The summed E-state index contributed by atoms with van der Waals surface area (Å²) < 4.78 is 1.68. The third kappa shape index (κ3) is 3.73. The van der Waals surface area contributed by atoms with Crippen molar-refractivity contribution < 1.29 is 14.7 Å². The highest BCUT2D eigenvalue weighted by molar-refractivity contribution is 6.31. The summed E-state index contributed by atoms with van der Waals surface area (Å²) in [6.07, 6.45) is 1.64. The first-order valence-corrected chi connectivity index (χ1v) is 6.44. The standard InChI is InChI=1S/C13H19ClN2O3/c1-5-16-7-8(14)6-9(16)11(17)15-10(12(18)19)13(2,3)4/h6-7,10H,5H2,1-4H3,(H,15,17)(H,18,19)/t10-/m0/s1. The molecular weight excluding hydrogens is 268 g/mol. The lowest BCUT2D eigenvalue weighted by atomic mass is 9.86. The van der Waals surface area contributed by atoms with Crippen LogP contribution < -0.4 is 5.32 Å². The van der Waals surface area contributed by atoms with E-state index in [9.17, 15) is 14.7 Å². The Labute approximate surface area is 117 Å². The van der Waals surface area contributed by atoms with E-state index in [4.69, 9.17) is 11.6 Å². The van der Waals surface area contributed by atoms with Gasteiger partial charge in [0.2, 0.25) is 0 Å². The molecule has 0 aliphatic heterocycles. The number of carbonyl (C=O) groups is 2. The van der Waals surface area contributed by atoms with Gasteiger partial charge in [-0.25, -0.2) is 4.79 Å². The lowest BCUT2D eigenvalue weighted by Gasteiger charge is -2.27. The van der Waals surface area contributed by atoms with E-state index in [1.54, 1.807) is 31.5 Å². The number of aliphatic carboxylic acids is 1. The van der Waals surface area contributed by atoms with Crippen molar-refractivity contribution in [2.75, 3.05) is 0 Å². The number of amides is 1. The Balaban J connectivity index is 2.97. The fourth-order valence-electron chi connectivity index (χ4n) is 1.78. The first-order valence-electron chi connectivity index (χ1n) is 6.06. The molecule has 1 aromatic rings. The van der Waals surface area contributed by atoms with E-state index in [1.165, 1.54) is 6.07 Å². The van der Waals surface area contributed by atoms with E-state index in [0.717, 1.165) is 0 Å². The van der Waals surface area contributed by atoms with Gasteiger partial charge >= 0.3 is 5.97 Å². The zero-order chi connectivity index (χ0) is 14.8. The van der Waals surface area contributed by atoms with Gasteiger partial charge in [0.15, 0.2) is 0 Å². The summed E-state index contributed by atoms with van der Waals surface area (Å²) in [5, 5.41) is 12.2. The van der Waals surface area contributed by atoms with Crippen LogP contribution in [0.25, 0.3) is 0 Å². The molecule has 1 aromatic heterocycles. The maximum atomic E-state index is 12.1. The number of aryl methyl sites for hydroxylation is 1. The van der Waals surface area contributed by atoms with Crippen LogP contribution in [-0.2, 0) is 11.3 Å². The molecule has 2 N–H and O–H groups in total. The highest BCUT2D eigenvalue weighted by Crippen LogP contribution is 2.21. The van der Waals surface area contributed by atoms with Gasteiger partial charge in [-0.15, -0.1) is 0 Å². The summed E-state index contributed by atoms with van der Waals surface area (Å²) in [6.45, 7) is 7.75. The number of nitrogens with one attached hydrogen (secondary N) is 1. The minimum absolute atomic E-state index is 0.364. The SMILES string of the molecule is CCn1cc(Cl)cc1C(=O)N[C@@H](C(=O)O)C(C)(C)C. The second kappa shape index (κ2) is 5.65. The van der Waals surface area contributed by atoms with Crippen molar-refractivity contribution >= 4 is 23.5 Å². The predicted molar refractivity (Wildman–Crippen MR) is 73.5 cm³/mol. The molecule has 6 heteroatoms. The summed E-state index contributed by atoms with van der Waals surface area (Å²) in [5.74, 6) is -1.49. The molecule has 1 atom stereocenters. The van der Waals surface area contributed by atoms with E-state index < -0.39 is 23.3 Å². The van der Waals surface area contributed by atoms with Crippen molar-refractivity contribution in [2.45, 2.75) is 40.3 Å². The zero-order valence-corrected chi connectivity index (χ0v) is 12.3. The van der Waals surface area contributed by atoms with Gasteiger partial charge in [0.25, 0.3) is 5.91 Å². The minimum Gasteiger partial charge on any atom is -0.480 e.